The third-order valence-electron chi connectivity index (χ3n) is 3.93. The molecule has 0 amide bonds. The first kappa shape index (κ1) is 13.0. The Morgan fingerprint density at radius 2 is 2.05 bits per heavy atom. The van der Waals surface area contributed by atoms with Gasteiger partial charge in [0.25, 0.3) is 0 Å². The number of anilines is 1. The van der Waals surface area contributed by atoms with Gasteiger partial charge in [0.2, 0.25) is 0 Å². The number of piperidine rings is 1. The molecule has 1 aliphatic rings. The van der Waals surface area contributed by atoms with Crippen molar-refractivity contribution in [3.05, 3.63) is 41.7 Å². The quantitative estimate of drug-likeness (QED) is 0.793. The smallest absolute Gasteiger partial charge is 0.119 e. The minimum absolute atomic E-state index is 0.319. The van der Waals surface area contributed by atoms with Crippen molar-refractivity contribution in [1.29, 1.82) is 0 Å². The molecule has 0 radical (unpaired) electrons. The Balaban J connectivity index is 1.79. The van der Waals surface area contributed by atoms with Crippen LogP contribution in [0, 0.1) is 0 Å². The number of para-hydroxylation sites is 1. The maximum absolute atomic E-state index is 9.88. The first-order valence-corrected chi connectivity index (χ1v) is 7.03. The molecular weight excluding hydrogens is 252 g/mol. The van der Waals surface area contributed by atoms with E-state index in [9.17, 15) is 5.11 Å². The van der Waals surface area contributed by atoms with E-state index < -0.39 is 0 Å². The number of aromatic nitrogens is 2. The van der Waals surface area contributed by atoms with Crippen molar-refractivity contribution in [2.24, 2.45) is 5.73 Å². The van der Waals surface area contributed by atoms with Crippen LogP contribution in [-0.4, -0.2) is 34.4 Å². The normalized spacial score (nSPS) is 16.6. The minimum Gasteiger partial charge on any atom is -0.508 e. The first-order valence-electron chi connectivity index (χ1n) is 7.03. The minimum atomic E-state index is 0.319. The monoisotopic (exact) mass is 272 g/mol. The van der Waals surface area contributed by atoms with Gasteiger partial charge in [-0.25, -0.2) is 0 Å². The molecule has 1 aromatic carbocycles. The number of benzene rings is 1. The van der Waals surface area contributed by atoms with Crippen molar-refractivity contribution in [2.75, 3.05) is 18.0 Å². The van der Waals surface area contributed by atoms with Gasteiger partial charge in [-0.05, 0) is 24.5 Å². The van der Waals surface area contributed by atoms with Crippen LogP contribution in [0.2, 0.25) is 0 Å². The lowest BCUT2D eigenvalue weighted by molar-refractivity contribution is 0.469. The number of aromatic hydroxyl groups is 1. The summed E-state index contributed by atoms with van der Waals surface area (Å²) in [6, 6.07) is 7.74. The van der Waals surface area contributed by atoms with Crippen LogP contribution in [0.4, 0.5) is 5.69 Å². The Kier molecular flexibility index (Phi) is 3.60. The largest absolute Gasteiger partial charge is 0.508 e. The SMILES string of the molecule is NC1CCN(c2cn[nH]c2Cc2ccccc2O)CC1. The summed E-state index contributed by atoms with van der Waals surface area (Å²) in [4.78, 5) is 2.32. The van der Waals surface area contributed by atoms with Gasteiger partial charge in [0, 0.05) is 25.6 Å². The molecule has 1 aliphatic heterocycles. The van der Waals surface area contributed by atoms with E-state index in [4.69, 9.17) is 5.73 Å². The van der Waals surface area contributed by atoms with Crippen LogP contribution < -0.4 is 10.6 Å². The number of hydrogen-bond acceptors (Lipinski definition) is 4. The van der Waals surface area contributed by atoms with Gasteiger partial charge in [-0.3, -0.25) is 5.10 Å². The van der Waals surface area contributed by atoms with Crippen molar-refractivity contribution in [1.82, 2.24) is 10.2 Å². The molecule has 106 valence electrons. The molecule has 2 heterocycles. The molecule has 1 saturated heterocycles. The van der Waals surface area contributed by atoms with E-state index in [0.29, 0.717) is 18.2 Å². The van der Waals surface area contributed by atoms with Gasteiger partial charge in [-0.15, -0.1) is 0 Å². The van der Waals surface area contributed by atoms with Crippen LogP contribution in [0.1, 0.15) is 24.1 Å². The number of rotatable bonds is 3. The van der Waals surface area contributed by atoms with Crippen LogP contribution in [0.3, 0.4) is 0 Å². The van der Waals surface area contributed by atoms with Crippen molar-refractivity contribution in [3.8, 4) is 5.75 Å². The fraction of sp³-hybridized carbons (Fsp3) is 0.400. The number of phenolic OH excluding ortho intramolecular Hbond substituents is 1. The summed E-state index contributed by atoms with van der Waals surface area (Å²) in [7, 11) is 0. The Hall–Kier alpha value is -2.01. The van der Waals surface area contributed by atoms with Crippen LogP contribution in [0.25, 0.3) is 0 Å². The zero-order chi connectivity index (χ0) is 13.9. The third-order valence-corrected chi connectivity index (χ3v) is 3.93. The number of hydrogen-bond donors (Lipinski definition) is 3. The Bertz CT molecular complexity index is 573. The Morgan fingerprint density at radius 3 is 2.80 bits per heavy atom. The fourth-order valence-corrected chi connectivity index (χ4v) is 2.70. The van der Waals surface area contributed by atoms with Crippen LogP contribution in [0.5, 0.6) is 5.75 Å². The molecule has 5 nitrogen and oxygen atoms in total. The summed E-state index contributed by atoms with van der Waals surface area (Å²) >= 11 is 0. The number of nitrogens with zero attached hydrogens (tertiary/aromatic N) is 2. The number of phenols is 1. The van der Waals surface area contributed by atoms with E-state index in [1.165, 1.54) is 0 Å². The summed E-state index contributed by atoms with van der Waals surface area (Å²) in [5.74, 6) is 0.328. The molecule has 5 heteroatoms. The van der Waals surface area contributed by atoms with Gasteiger partial charge in [0.15, 0.2) is 0 Å². The van der Waals surface area contributed by atoms with E-state index in [2.05, 4.69) is 15.1 Å². The average Bonchev–Trinajstić information content (AvgIpc) is 2.90. The molecule has 1 fully saturated rings. The zero-order valence-corrected chi connectivity index (χ0v) is 11.4. The highest BCUT2D eigenvalue weighted by Gasteiger charge is 2.20. The molecule has 0 aliphatic carbocycles. The molecule has 0 bridgehead atoms. The summed E-state index contributed by atoms with van der Waals surface area (Å²) in [6.45, 7) is 1.93. The van der Waals surface area contributed by atoms with E-state index in [1.54, 1.807) is 6.07 Å². The molecular formula is C15H20N4O. The van der Waals surface area contributed by atoms with Crippen molar-refractivity contribution >= 4 is 5.69 Å². The predicted octanol–water partition coefficient (Wildman–Crippen LogP) is 1.63. The number of aromatic amines is 1. The zero-order valence-electron chi connectivity index (χ0n) is 11.4. The second kappa shape index (κ2) is 5.54. The van der Waals surface area contributed by atoms with Gasteiger partial charge >= 0.3 is 0 Å². The van der Waals surface area contributed by atoms with E-state index in [1.807, 2.05) is 24.4 Å². The average molecular weight is 272 g/mol. The van der Waals surface area contributed by atoms with Gasteiger partial charge in [0.1, 0.15) is 5.75 Å². The van der Waals surface area contributed by atoms with E-state index in [0.717, 1.165) is 42.9 Å². The summed E-state index contributed by atoms with van der Waals surface area (Å²) in [5.41, 5.74) is 9.03. The molecule has 3 rings (SSSR count). The first-order chi connectivity index (χ1) is 9.74. The fourth-order valence-electron chi connectivity index (χ4n) is 2.70. The summed E-state index contributed by atoms with van der Waals surface area (Å²) in [6.07, 6.45) is 4.55. The van der Waals surface area contributed by atoms with Crippen LogP contribution in [0.15, 0.2) is 30.5 Å². The Morgan fingerprint density at radius 1 is 1.30 bits per heavy atom. The van der Waals surface area contributed by atoms with Crippen molar-refractivity contribution in [3.63, 3.8) is 0 Å². The lowest BCUT2D eigenvalue weighted by Gasteiger charge is -2.31. The molecule has 4 N–H and O–H groups in total. The molecule has 20 heavy (non-hydrogen) atoms. The standard InChI is InChI=1S/C15H20N4O/c16-12-5-7-19(8-6-12)14-10-17-18-13(14)9-11-3-1-2-4-15(11)20/h1-4,10,12,20H,5-9,16H2,(H,17,18). The molecule has 0 saturated carbocycles. The van der Waals surface area contributed by atoms with Gasteiger partial charge in [-0.2, -0.15) is 5.10 Å². The second-order valence-corrected chi connectivity index (χ2v) is 5.36. The molecule has 1 aromatic heterocycles. The number of nitrogens with one attached hydrogen (secondary N) is 1. The lowest BCUT2D eigenvalue weighted by atomic mass is 10.0. The maximum Gasteiger partial charge on any atom is 0.119 e. The number of H-pyrrole nitrogens is 1. The highest BCUT2D eigenvalue weighted by molar-refractivity contribution is 5.52. The van der Waals surface area contributed by atoms with Gasteiger partial charge < -0.3 is 15.7 Å². The molecule has 0 unspecified atom stereocenters. The van der Waals surface area contributed by atoms with Crippen molar-refractivity contribution in [2.45, 2.75) is 25.3 Å². The van der Waals surface area contributed by atoms with E-state index >= 15 is 0 Å². The third kappa shape index (κ3) is 2.63. The summed E-state index contributed by atoms with van der Waals surface area (Å²) < 4.78 is 0. The number of nitrogens with two attached hydrogens (primary N) is 1. The topological polar surface area (TPSA) is 78.2 Å². The van der Waals surface area contributed by atoms with Gasteiger partial charge in [0.05, 0.1) is 17.6 Å². The summed E-state index contributed by atoms with van der Waals surface area (Å²) in [5, 5.41) is 17.1. The lowest BCUT2D eigenvalue weighted by Crippen LogP contribution is -2.39. The highest BCUT2D eigenvalue weighted by atomic mass is 16.3. The maximum atomic E-state index is 9.88. The predicted molar refractivity (Wildman–Crippen MR) is 78.9 cm³/mol. The van der Waals surface area contributed by atoms with Crippen molar-refractivity contribution < 1.29 is 5.11 Å². The van der Waals surface area contributed by atoms with Crippen LogP contribution >= 0.6 is 0 Å². The Labute approximate surface area is 118 Å². The van der Waals surface area contributed by atoms with Crippen LogP contribution in [-0.2, 0) is 6.42 Å². The van der Waals surface area contributed by atoms with Gasteiger partial charge in [-0.1, -0.05) is 18.2 Å². The molecule has 0 spiro atoms. The van der Waals surface area contributed by atoms with E-state index in [-0.39, 0.29) is 0 Å². The molecule has 2 aromatic rings. The molecule has 0 atom stereocenters. The highest BCUT2D eigenvalue weighted by Crippen LogP contribution is 2.26. The second-order valence-electron chi connectivity index (χ2n) is 5.36.